The Labute approximate surface area is 142 Å². The molecule has 0 bridgehead atoms. The molecule has 2 aliphatic rings. The van der Waals surface area contributed by atoms with E-state index in [4.69, 9.17) is 5.73 Å². The maximum atomic E-state index is 12.3. The number of carbonyl (C=O) groups is 3. The van der Waals surface area contributed by atoms with Crippen molar-refractivity contribution in [1.29, 1.82) is 0 Å². The number of benzene rings is 1. The van der Waals surface area contributed by atoms with Crippen LogP contribution in [0.1, 0.15) is 18.5 Å². The molecule has 0 saturated carbocycles. The topological polar surface area (TPSA) is 113 Å². The van der Waals surface area contributed by atoms with Crippen LogP contribution in [0.5, 0.6) is 0 Å². The van der Waals surface area contributed by atoms with Crippen molar-refractivity contribution < 1.29 is 19.5 Å². The first-order valence-corrected chi connectivity index (χ1v) is 8.45. The number of thioether (sulfide) groups is 1. The van der Waals surface area contributed by atoms with Crippen LogP contribution in [0.2, 0.25) is 0 Å². The molecule has 1 aromatic carbocycles. The van der Waals surface area contributed by atoms with Gasteiger partial charge in [-0.15, -0.1) is 11.8 Å². The number of rotatable bonds is 4. The van der Waals surface area contributed by atoms with Gasteiger partial charge in [-0.25, -0.2) is 4.79 Å². The van der Waals surface area contributed by atoms with Gasteiger partial charge in [0, 0.05) is 5.75 Å². The van der Waals surface area contributed by atoms with Gasteiger partial charge < -0.3 is 16.2 Å². The second-order valence-corrected chi connectivity index (χ2v) is 6.82. The minimum absolute atomic E-state index is 0.0154. The second kappa shape index (κ2) is 6.29. The number of amides is 2. The molecule has 1 saturated heterocycles. The van der Waals surface area contributed by atoms with Gasteiger partial charge in [0.15, 0.2) is 0 Å². The Morgan fingerprint density at radius 2 is 2.04 bits per heavy atom. The molecule has 0 aliphatic carbocycles. The Morgan fingerprint density at radius 3 is 2.67 bits per heavy atom. The van der Waals surface area contributed by atoms with E-state index in [0.717, 1.165) is 0 Å². The second-order valence-electron chi connectivity index (χ2n) is 5.72. The molecule has 4 N–H and O–H groups in total. The molecule has 1 aromatic rings. The summed E-state index contributed by atoms with van der Waals surface area (Å²) in [6.07, 6.45) is 0. The van der Waals surface area contributed by atoms with E-state index in [2.05, 4.69) is 5.32 Å². The highest BCUT2D eigenvalue weighted by Gasteiger charge is 2.53. The zero-order valence-corrected chi connectivity index (χ0v) is 13.7. The van der Waals surface area contributed by atoms with Crippen LogP contribution in [0.4, 0.5) is 0 Å². The van der Waals surface area contributed by atoms with Gasteiger partial charge in [-0.2, -0.15) is 0 Å². The summed E-state index contributed by atoms with van der Waals surface area (Å²) < 4.78 is 0. The van der Waals surface area contributed by atoms with Gasteiger partial charge in [0.05, 0.1) is 0 Å². The lowest BCUT2D eigenvalue weighted by molar-refractivity contribution is -0.150. The molecule has 1 unspecified atom stereocenters. The molecule has 0 radical (unpaired) electrons. The average Bonchev–Trinajstić information content (AvgIpc) is 2.59. The maximum Gasteiger partial charge on any atom is 0.352 e. The molecule has 2 amide bonds. The van der Waals surface area contributed by atoms with Crippen molar-refractivity contribution in [2.24, 2.45) is 5.73 Å². The first kappa shape index (κ1) is 16.5. The Hall–Kier alpha value is -2.32. The van der Waals surface area contributed by atoms with Crippen molar-refractivity contribution in [3.05, 3.63) is 47.2 Å². The number of hydrogen-bond donors (Lipinski definition) is 3. The number of nitrogens with zero attached hydrogens (tertiary/aromatic N) is 1. The molecule has 126 valence electrons. The minimum Gasteiger partial charge on any atom is -0.477 e. The van der Waals surface area contributed by atoms with E-state index in [1.54, 1.807) is 31.2 Å². The summed E-state index contributed by atoms with van der Waals surface area (Å²) in [6.45, 7) is 1.69. The number of carbonyl (C=O) groups excluding carboxylic acids is 2. The van der Waals surface area contributed by atoms with E-state index >= 15 is 0 Å². The number of hydrogen-bond acceptors (Lipinski definition) is 5. The first-order chi connectivity index (χ1) is 11.4. The molecular weight excluding hydrogens is 330 g/mol. The predicted molar refractivity (Wildman–Crippen MR) is 88.7 cm³/mol. The van der Waals surface area contributed by atoms with E-state index < -0.39 is 35.2 Å². The zero-order chi connectivity index (χ0) is 17.4. The van der Waals surface area contributed by atoms with Crippen molar-refractivity contribution in [2.45, 2.75) is 24.4 Å². The van der Waals surface area contributed by atoms with Gasteiger partial charge in [0.1, 0.15) is 23.2 Å². The summed E-state index contributed by atoms with van der Waals surface area (Å²) in [7, 11) is 0. The fraction of sp³-hybridized carbons (Fsp3) is 0.312. The minimum atomic E-state index is -1.13. The fourth-order valence-corrected chi connectivity index (χ4v) is 4.12. The van der Waals surface area contributed by atoms with Gasteiger partial charge in [-0.05, 0) is 18.1 Å². The molecule has 3 rings (SSSR count). The average molecular weight is 347 g/mol. The summed E-state index contributed by atoms with van der Waals surface area (Å²) in [5.74, 6) is -1.50. The van der Waals surface area contributed by atoms with Crippen LogP contribution in [0.15, 0.2) is 41.6 Å². The highest BCUT2D eigenvalue weighted by molar-refractivity contribution is 8.00. The molecule has 24 heavy (non-hydrogen) atoms. The lowest BCUT2D eigenvalue weighted by atomic mass is 10.0. The normalized spacial score (nSPS) is 24.1. The molecule has 0 aromatic heterocycles. The van der Waals surface area contributed by atoms with E-state index in [1.807, 2.05) is 6.07 Å². The summed E-state index contributed by atoms with van der Waals surface area (Å²) in [4.78, 5) is 37.2. The summed E-state index contributed by atoms with van der Waals surface area (Å²) in [5, 5.41) is 11.5. The van der Waals surface area contributed by atoms with E-state index in [9.17, 15) is 19.5 Å². The van der Waals surface area contributed by atoms with Crippen LogP contribution in [0.25, 0.3) is 0 Å². The smallest absolute Gasteiger partial charge is 0.352 e. The SMILES string of the molecule is CC1=C(C(=O)O)N2C(=O)[C@H](NC(=O)[C@H](N)c3ccccc3)C2SC1. The van der Waals surface area contributed by atoms with Crippen LogP contribution < -0.4 is 11.1 Å². The van der Waals surface area contributed by atoms with Crippen LogP contribution >= 0.6 is 11.8 Å². The number of nitrogens with one attached hydrogen (secondary N) is 1. The summed E-state index contributed by atoms with van der Waals surface area (Å²) in [6, 6.07) is 7.23. The van der Waals surface area contributed by atoms with Crippen LogP contribution in [-0.2, 0) is 14.4 Å². The number of fused-ring (bicyclic) bond motifs is 1. The Bertz CT molecular complexity index is 734. The Balaban J connectivity index is 1.71. The molecular formula is C16H17N3O4S. The molecule has 0 spiro atoms. The molecule has 2 aliphatic heterocycles. The van der Waals surface area contributed by atoms with Gasteiger partial charge in [-0.1, -0.05) is 30.3 Å². The van der Waals surface area contributed by atoms with Crippen LogP contribution in [0, 0.1) is 0 Å². The molecule has 7 nitrogen and oxygen atoms in total. The number of carboxylic acids is 1. The highest BCUT2D eigenvalue weighted by atomic mass is 32.2. The van der Waals surface area contributed by atoms with Crippen LogP contribution in [0.3, 0.4) is 0 Å². The quantitative estimate of drug-likeness (QED) is 0.682. The molecule has 2 heterocycles. The third-order valence-corrected chi connectivity index (χ3v) is 5.52. The summed E-state index contributed by atoms with van der Waals surface area (Å²) >= 11 is 1.43. The standard InChI is InChI=1S/C16H17N3O4S/c1-8-7-24-15-11(14(21)19(15)12(8)16(22)23)18-13(20)10(17)9-5-3-2-4-6-9/h2-6,10-11,15H,7,17H2,1H3,(H,18,20)(H,22,23)/t10-,11+,15?/m1/s1. The molecule has 8 heteroatoms. The first-order valence-electron chi connectivity index (χ1n) is 7.40. The fourth-order valence-electron chi connectivity index (χ4n) is 2.83. The Kier molecular flexibility index (Phi) is 4.33. The number of aliphatic carboxylic acids is 1. The predicted octanol–water partition coefficient (Wildman–Crippen LogP) is 0.445. The van der Waals surface area contributed by atoms with Crippen molar-refractivity contribution in [3.63, 3.8) is 0 Å². The van der Waals surface area contributed by atoms with Crippen molar-refractivity contribution >= 4 is 29.5 Å². The van der Waals surface area contributed by atoms with Gasteiger partial charge in [0.2, 0.25) is 5.91 Å². The van der Waals surface area contributed by atoms with Gasteiger partial charge in [-0.3, -0.25) is 14.5 Å². The van der Waals surface area contributed by atoms with E-state index in [-0.39, 0.29) is 5.70 Å². The van der Waals surface area contributed by atoms with Gasteiger partial charge in [0.25, 0.3) is 5.91 Å². The molecule has 3 atom stereocenters. The van der Waals surface area contributed by atoms with Crippen molar-refractivity contribution in [2.75, 3.05) is 5.75 Å². The monoisotopic (exact) mass is 347 g/mol. The van der Waals surface area contributed by atoms with Crippen molar-refractivity contribution in [1.82, 2.24) is 10.2 Å². The summed E-state index contributed by atoms with van der Waals surface area (Å²) in [5.41, 5.74) is 7.24. The van der Waals surface area contributed by atoms with Crippen molar-refractivity contribution in [3.8, 4) is 0 Å². The van der Waals surface area contributed by atoms with Crippen LogP contribution in [-0.4, -0.2) is 45.0 Å². The van der Waals surface area contributed by atoms with Gasteiger partial charge >= 0.3 is 5.97 Å². The number of β-lactam (4-membered cyclic amide) rings is 1. The third-order valence-electron chi connectivity index (χ3n) is 4.10. The Morgan fingerprint density at radius 1 is 1.38 bits per heavy atom. The van der Waals surface area contributed by atoms with E-state index in [1.165, 1.54) is 16.7 Å². The zero-order valence-electron chi connectivity index (χ0n) is 12.9. The lowest BCUT2D eigenvalue weighted by Crippen LogP contribution is -2.71. The van der Waals surface area contributed by atoms with E-state index in [0.29, 0.717) is 16.9 Å². The maximum absolute atomic E-state index is 12.3. The number of nitrogens with two attached hydrogens (primary N) is 1. The lowest BCUT2D eigenvalue weighted by Gasteiger charge is -2.49. The third kappa shape index (κ3) is 2.67. The number of carboxylic acid groups (broad SMARTS) is 1. The molecule has 1 fully saturated rings. The highest BCUT2D eigenvalue weighted by Crippen LogP contribution is 2.40. The largest absolute Gasteiger partial charge is 0.477 e.